The van der Waals surface area contributed by atoms with Gasteiger partial charge in [0.25, 0.3) is 0 Å². The fourth-order valence-corrected chi connectivity index (χ4v) is 2.43. The highest BCUT2D eigenvalue weighted by Gasteiger charge is 2.10. The third-order valence-corrected chi connectivity index (χ3v) is 3.27. The predicted octanol–water partition coefficient (Wildman–Crippen LogP) is 5.04. The lowest BCUT2D eigenvalue weighted by molar-refractivity contribution is 0.845. The molecule has 0 saturated heterocycles. The van der Waals surface area contributed by atoms with Crippen LogP contribution in [0, 0.1) is 0 Å². The molecular formula is C17H20. The van der Waals surface area contributed by atoms with Gasteiger partial charge in [-0.2, -0.15) is 0 Å². The molecule has 0 unspecified atom stereocenters. The van der Waals surface area contributed by atoms with E-state index in [0.29, 0.717) is 5.92 Å². The molecule has 0 radical (unpaired) electrons. The normalized spacial score (nSPS) is 10.8. The van der Waals surface area contributed by atoms with Gasteiger partial charge < -0.3 is 0 Å². The number of benzene rings is 2. The molecule has 0 aliphatic rings. The summed E-state index contributed by atoms with van der Waals surface area (Å²) in [4.78, 5) is 0. The van der Waals surface area contributed by atoms with Crippen molar-refractivity contribution in [2.75, 3.05) is 0 Å². The van der Waals surface area contributed by atoms with Crippen LogP contribution in [0.3, 0.4) is 0 Å². The Hall–Kier alpha value is -1.56. The number of hydrogen-bond acceptors (Lipinski definition) is 0. The Morgan fingerprint density at radius 2 is 1.59 bits per heavy atom. The molecule has 0 N–H and O–H groups in total. The van der Waals surface area contributed by atoms with Gasteiger partial charge in [-0.1, -0.05) is 69.3 Å². The van der Waals surface area contributed by atoms with Gasteiger partial charge in [-0.3, -0.25) is 0 Å². The van der Waals surface area contributed by atoms with Crippen molar-refractivity contribution in [1.82, 2.24) is 0 Å². The van der Waals surface area contributed by atoms with Crippen molar-refractivity contribution in [2.24, 2.45) is 0 Å². The van der Waals surface area contributed by atoms with E-state index in [0.717, 1.165) is 6.42 Å². The van der Waals surface area contributed by atoms with Crippen LogP contribution < -0.4 is 0 Å². The molecule has 2 aromatic rings. The van der Waals surface area contributed by atoms with Crippen LogP contribution in [0.1, 0.15) is 37.8 Å². The van der Waals surface area contributed by atoms with Gasteiger partial charge >= 0.3 is 0 Å². The van der Waals surface area contributed by atoms with Crippen molar-refractivity contribution in [3.05, 3.63) is 59.7 Å². The smallest absolute Gasteiger partial charge is 0.0149 e. The van der Waals surface area contributed by atoms with Crippen molar-refractivity contribution >= 4 is 0 Å². The highest BCUT2D eigenvalue weighted by molar-refractivity contribution is 5.69. The zero-order valence-corrected chi connectivity index (χ0v) is 10.9. The standard InChI is InChI=1S/C17H20/c1-4-15-16(13(2)3)11-8-12-17(15)14-9-6-5-7-10-14/h5-13H,4H2,1-3H3. The minimum atomic E-state index is 0.591. The molecule has 0 atom stereocenters. The maximum Gasteiger partial charge on any atom is -0.0149 e. The molecule has 0 heterocycles. The van der Waals surface area contributed by atoms with Crippen molar-refractivity contribution < 1.29 is 0 Å². The molecule has 0 nitrogen and oxygen atoms in total. The Morgan fingerprint density at radius 1 is 0.882 bits per heavy atom. The highest BCUT2D eigenvalue weighted by atomic mass is 14.1. The van der Waals surface area contributed by atoms with Gasteiger partial charge in [-0.05, 0) is 34.6 Å². The second kappa shape index (κ2) is 5.18. The van der Waals surface area contributed by atoms with Gasteiger partial charge in [0.05, 0.1) is 0 Å². The lowest BCUT2D eigenvalue weighted by atomic mass is 9.89. The van der Waals surface area contributed by atoms with Gasteiger partial charge in [0.15, 0.2) is 0 Å². The van der Waals surface area contributed by atoms with Crippen molar-refractivity contribution in [2.45, 2.75) is 33.1 Å². The number of hydrogen-bond donors (Lipinski definition) is 0. The molecular weight excluding hydrogens is 204 g/mol. The van der Waals surface area contributed by atoms with Crippen LogP contribution in [0.2, 0.25) is 0 Å². The van der Waals surface area contributed by atoms with Crippen LogP contribution in [-0.2, 0) is 6.42 Å². The van der Waals surface area contributed by atoms with E-state index in [2.05, 4.69) is 69.3 Å². The molecule has 0 amide bonds. The highest BCUT2D eigenvalue weighted by Crippen LogP contribution is 2.30. The average Bonchev–Trinajstić information content (AvgIpc) is 2.38. The summed E-state index contributed by atoms with van der Waals surface area (Å²) in [7, 11) is 0. The van der Waals surface area contributed by atoms with Crippen LogP contribution >= 0.6 is 0 Å². The first-order valence-corrected chi connectivity index (χ1v) is 6.41. The SMILES string of the molecule is CCc1c(-c2ccccc2)cccc1C(C)C. The summed E-state index contributed by atoms with van der Waals surface area (Å²) < 4.78 is 0. The van der Waals surface area contributed by atoms with Gasteiger partial charge in [0.2, 0.25) is 0 Å². The molecule has 0 aromatic heterocycles. The van der Waals surface area contributed by atoms with E-state index in [-0.39, 0.29) is 0 Å². The van der Waals surface area contributed by atoms with Crippen LogP contribution in [0.5, 0.6) is 0 Å². The molecule has 0 saturated carbocycles. The minimum Gasteiger partial charge on any atom is -0.0622 e. The van der Waals surface area contributed by atoms with Crippen LogP contribution in [0.25, 0.3) is 11.1 Å². The Morgan fingerprint density at radius 3 is 2.18 bits per heavy atom. The molecule has 0 aliphatic carbocycles. The van der Waals surface area contributed by atoms with Crippen LogP contribution in [0.15, 0.2) is 48.5 Å². The van der Waals surface area contributed by atoms with Gasteiger partial charge in [0, 0.05) is 0 Å². The first-order valence-electron chi connectivity index (χ1n) is 6.41. The van der Waals surface area contributed by atoms with E-state index in [4.69, 9.17) is 0 Å². The fourth-order valence-electron chi connectivity index (χ4n) is 2.43. The third-order valence-electron chi connectivity index (χ3n) is 3.27. The molecule has 88 valence electrons. The molecule has 17 heavy (non-hydrogen) atoms. The van der Waals surface area contributed by atoms with E-state index in [1.54, 1.807) is 0 Å². The summed E-state index contributed by atoms with van der Waals surface area (Å²) >= 11 is 0. The molecule has 0 aliphatic heterocycles. The summed E-state index contributed by atoms with van der Waals surface area (Å²) in [5.74, 6) is 0.591. The Kier molecular flexibility index (Phi) is 3.63. The topological polar surface area (TPSA) is 0 Å². The van der Waals surface area contributed by atoms with Crippen molar-refractivity contribution in [3.8, 4) is 11.1 Å². The monoisotopic (exact) mass is 224 g/mol. The third kappa shape index (κ3) is 2.41. The van der Waals surface area contributed by atoms with Crippen molar-refractivity contribution in [1.29, 1.82) is 0 Å². The first kappa shape index (κ1) is 11.9. The second-order valence-electron chi connectivity index (χ2n) is 4.75. The largest absolute Gasteiger partial charge is 0.0622 e. The molecule has 2 rings (SSSR count). The molecule has 0 fully saturated rings. The summed E-state index contributed by atoms with van der Waals surface area (Å²) in [5, 5.41) is 0. The Labute approximate surface area is 104 Å². The zero-order valence-electron chi connectivity index (χ0n) is 10.9. The van der Waals surface area contributed by atoms with E-state index >= 15 is 0 Å². The van der Waals surface area contributed by atoms with Gasteiger partial charge in [0.1, 0.15) is 0 Å². The lowest BCUT2D eigenvalue weighted by Gasteiger charge is -2.16. The second-order valence-corrected chi connectivity index (χ2v) is 4.75. The molecule has 0 heteroatoms. The van der Waals surface area contributed by atoms with Crippen molar-refractivity contribution in [3.63, 3.8) is 0 Å². The van der Waals surface area contributed by atoms with Gasteiger partial charge in [-0.25, -0.2) is 0 Å². The lowest BCUT2D eigenvalue weighted by Crippen LogP contribution is -1.97. The Balaban J connectivity index is 2.59. The summed E-state index contributed by atoms with van der Waals surface area (Å²) in [6.45, 7) is 6.78. The van der Waals surface area contributed by atoms with E-state index in [1.807, 2.05) is 0 Å². The molecule has 2 aromatic carbocycles. The summed E-state index contributed by atoms with van der Waals surface area (Å²) in [6, 6.07) is 17.3. The molecule has 0 spiro atoms. The first-order chi connectivity index (χ1) is 8.24. The number of rotatable bonds is 3. The van der Waals surface area contributed by atoms with Gasteiger partial charge in [-0.15, -0.1) is 0 Å². The van der Waals surface area contributed by atoms with Crippen LogP contribution in [0.4, 0.5) is 0 Å². The van der Waals surface area contributed by atoms with E-state index in [1.165, 1.54) is 22.3 Å². The van der Waals surface area contributed by atoms with E-state index < -0.39 is 0 Å². The van der Waals surface area contributed by atoms with Crippen LogP contribution in [-0.4, -0.2) is 0 Å². The zero-order chi connectivity index (χ0) is 12.3. The maximum atomic E-state index is 2.27. The predicted molar refractivity (Wildman–Crippen MR) is 75.3 cm³/mol. The Bertz CT molecular complexity index is 481. The fraction of sp³-hybridized carbons (Fsp3) is 0.294. The molecule has 0 bridgehead atoms. The average molecular weight is 224 g/mol. The summed E-state index contributed by atoms with van der Waals surface area (Å²) in [5.41, 5.74) is 5.69. The quantitative estimate of drug-likeness (QED) is 0.685. The van der Waals surface area contributed by atoms with E-state index in [9.17, 15) is 0 Å². The minimum absolute atomic E-state index is 0.591. The maximum absolute atomic E-state index is 2.27. The summed E-state index contributed by atoms with van der Waals surface area (Å²) in [6.07, 6.45) is 1.10.